The fourth-order valence-corrected chi connectivity index (χ4v) is 1.40. The minimum Gasteiger partial charge on any atom is -0.478 e. The summed E-state index contributed by atoms with van der Waals surface area (Å²) in [6.07, 6.45) is 4.42. The van der Waals surface area contributed by atoms with E-state index in [4.69, 9.17) is 16.7 Å². The van der Waals surface area contributed by atoms with E-state index >= 15 is 0 Å². The van der Waals surface area contributed by atoms with Crippen molar-refractivity contribution in [3.63, 3.8) is 0 Å². The monoisotopic (exact) mass is 224 g/mol. The highest BCUT2D eigenvalue weighted by Crippen LogP contribution is 2.14. The first-order chi connectivity index (χ1) is 7.15. The molecule has 0 atom stereocenters. The lowest BCUT2D eigenvalue weighted by molar-refractivity contribution is 0.0696. The summed E-state index contributed by atoms with van der Waals surface area (Å²) < 4.78 is 0. The Hall–Kier alpha value is -1.28. The summed E-state index contributed by atoms with van der Waals surface area (Å²) in [5, 5.41) is 8.99. The highest BCUT2D eigenvalue weighted by molar-refractivity contribution is 6.17. The molecule has 2 nitrogen and oxygen atoms in total. The predicted octanol–water partition coefficient (Wildman–Crippen LogP) is 3.34. The number of allylic oxidation sites excluding steroid dienone is 1. The molecule has 1 aromatic carbocycles. The van der Waals surface area contributed by atoms with Gasteiger partial charge in [0.1, 0.15) is 0 Å². The summed E-state index contributed by atoms with van der Waals surface area (Å²) in [5.74, 6) is -0.352. The molecule has 0 aromatic heterocycles. The van der Waals surface area contributed by atoms with Crippen molar-refractivity contribution in [3.8, 4) is 0 Å². The van der Waals surface area contributed by atoms with Crippen molar-refractivity contribution < 1.29 is 9.90 Å². The van der Waals surface area contributed by atoms with Gasteiger partial charge in [0.2, 0.25) is 0 Å². The number of carboxylic acids is 1. The maximum atomic E-state index is 10.9. The van der Waals surface area contributed by atoms with Gasteiger partial charge in [-0.25, -0.2) is 4.79 Å². The van der Waals surface area contributed by atoms with Gasteiger partial charge in [-0.05, 0) is 25.0 Å². The van der Waals surface area contributed by atoms with Crippen molar-refractivity contribution in [2.75, 3.05) is 5.88 Å². The average molecular weight is 225 g/mol. The van der Waals surface area contributed by atoms with Gasteiger partial charge in [-0.3, -0.25) is 0 Å². The molecule has 1 aromatic rings. The molecular formula is C12H13ClO2. The molecule has 80 valence electrons. The quantitative estimate of drug-likeness (QED) is 0.797. The van der Waals surface area contributed by atoms with E-state index in [9.17, 15) is 4.79 Å². The number of halogens is 1. The highest BCUT2D eigenvalue weighted by atomic mass is 35.5. The molecule has 0 radical (unpaired) electrons. The normalized spacial score (nSPS) is 10.8. The first-order valence-corrected chi connectivity index (χ1v) is 5.25. The Morgan fingerprint density at radius 2 is 2.27 bits per heavy atom. The molecule has 0 amide bonds. The predicted molar refractivity (Wildman–Crippen MR) is 62.5 cm³/mol. The lowest BCUT2D eigenvalue weighted by Gasteiger charge is -2.02. The zero-order valence-electron chi connectivity index (χ0n) is 8.53. The molecule has 0 aliphatic rings. The van der Waals surface area contributed by atoms with E-state index < -0.39 is 5.97 Å². The number of carbonyl (C=O) groups is 1. The Kier molecular flexibility index (Phi) is 4.37. The second-order valence-electron chi connectivity index (χ2n) is 3.28. The van der Waals surface area contributed by atoms with Crippen molar-refractivity contribution in [1.29, 1.82) is 0 Å². The molecule has 1 rings (SSSR count). The van der Waals surface area contributed by atoms with Crippen LogP contribution in [-0.2, 0) is 0 Å². The first kappa shape index (κ1) is 11.8. The van der Waals surface area contributed by atoms with Crippen LogP contribution in [0.25, 0.3) is 6.08 Å². The zero-order chi connectivity index (χ0) is 11.3. The Morgan fingerprint density at radius 3 is 2.87 bits per heavy atom. The second-order valence-corrected chi connectivity index (χ2v) is 3.65. The molecule has 3 heteroatoms. The Bertz CT molecular complexity index is 383. The zero-order valence-corrected chi connectivity index (χ0v) is 9.29. The highest BCUT2D eigenvalue weighted by Gasteiger charge is 2.07. The van der Waals surface area contributed by atoms with Crippen LogP contribution in [0.1, 0.15) is 27.9 Å². The van der Waals surface area contributed by atoms with E-state index in [1.807, 2.05) is 25.1 Å². The van der Waals surface area contributed by atoms with Gasteiger partial charge in [0.25, 0.3) is 0 Å². The van der Waals surface area contributed by atoms with Crippen LogP contribution in [0.5, 0.6) is 0 Å². The van der Waals surface area contributed by atoms with Gasteiger partial charge < -0.3 is 5.11 Å². The summed E-state index contributed by atoms with van der Waals surface area (Å²) in [5.41, 5.74) is 2.00. The number of alkyl halides is 1. The van der Waals surface area contributed by atoms with Gasteiger partial charge in [-0.2, -0.15) is 0 Å². The smallest absolute Gasteiger partial charge is 0.336 e. The second kappa shape index (κ2) is 5.56. The summed E-state index contributed by atoms with van der Waals surface area (Å²) in [7, 11) is 0. The van der Waals surface area contributed by atoms with Crippen LogP contribution in [0.3, 0.4) is 0 Å². The van der Waals surface area contributed by atoms with Crippen LogP contribution in [-0.4, -0.2) is 17.0 Å². The fourth-order valence-electron chi connectivity index (χ4n) is 1.27. The third-order valence-electron chi connectivity index (χ3n) is 2.01. The van der Waals surface area contributed by atoms with E-state index in [0.29, 0.717) is 11.4 Å². The van der Waals surface area contributed by atoms with E-state index in [2.05, 4.69) is 0 Å². The minimum atomic E-state index is -0.899. The van der Waals surface area contributed by atoms with E-state index in [-0.39, 0.29) is 0 Å². The molecular weight excluding hydrogens is 212 g/mol. The average Bonchev–Trinajstić information content (AvgIpc) is 2.20. The topological polar surface area (TPSA) is 37.3 Å². The summed E-state index contributed by atoms with van der Waals surface area (Å²) in [6.45, 7) is 1.87. The largest absolute Gasteiger partial charge is 0.478 e. The van der Waals surface area contributed by atoms with Gasteiger partial charge in [0.15, 0.2) is 0 Å². The van der Waals surface area contributed by atoms with Gasteiger partial charge >= 0.3 is 5.97 Å². The molecule has 0 bridgehead atoms. The molecule has 0 saturated carbocycles. The van der Waals surface area contributed by atoms with Gasteiger partial charge in [-0.15, -0.1) is 11.6 Å². The number of rotatable bonds is 4. The maximum absolute atomic E-state index is 10.9. The first-order valence-electron chi connectivity index (χ1n) is 4.71. The molecule has 0 aliphatic carbocycles. The van der Waals surface area contributed by atoms with Crippen molar-refractivity contribution in [2.24, 2.45) is 0 Å². The number of carboxylic acid groups (broad SMARTS) is 1. The maximum Gasteiger partial charge on any atom is 0.336 e. The fraction of sp³-hybridized carbons (Fsp3) is 0.250. The van der Waals surface area contributed by atoms with Gasteiger partial charge in [0, 0.05) is 5.88 Å². The lowest BCUT2D eigenvalue weighted by Crippen LogP contribution is -1.99. The van der Waals surface area contributed by atoms with E-state index in [0.717, 1.165) is 17.5 Å². The van der Waals surface area contributed by atoms with Crippen molar-refractivity contribution in [1.82, 2.24) is 0 Å². The molecule has 0 heterocycles. The van der Waals surface area contributed by atoms with Crippen LogP contribution in [0.4, 0.5) is 0 Å². The molecule has 0 spiro atoms. The molecule has 15 heavy (non-hydrogen) atoms. The molecule has 0 aliphatic heterocycles. The van der Waals surface area contributed by atoms with Crippen LogP contribution >= 0.6 is 11.6 Å². The van der Waals surface area contributed by atoms with Crippen molar-refractivity contribution >= 4 is 23.6 Å². The lowest BCUT2D eigenvalue weighted by atomic mass is 10.0. The number of aryl methyl sites for hydroxylation is 1. The Balaban J connectivity index is 3.01. The number of hydrogen-bond acceptors (Lipinski definition) is 1. The molecule has 1 N–H and O–H groups in total. The van der Waals surface area contributed by atoms with Crippen molar-refractivity contribution in [3.05, 3.63) is 41.0 Å². The summed E-state index contributed by atoms with van der Waals surface area (Å²) >= 11 is 5.53. The Morgan fingerprint density at radius 1 is 1.53 bits per heavy atom. The van der Waals surface area contributed by atoms with Crippen molar-refractivity contribution in [2.45, 2.75) is 13.3 Å². The number of benzene rings is 1. The van der Waals surface area contributed by atoms with Crippen LogP contribution in [0, 0.1) is 6.92 Å². The van der Waals surface area contributed by atoms with Crippen LogP contribution in [0.2, 0.25) is 0 Å². The van der Waals surface area contributed by atoms with Gasteiger partial charge in [0.05, 0.1) is 5.56 Å². The molecule has 0 fully saturated rings. The van der Waals surface area contributed by atoms with Crippen LogP contribution < -0.4 is 0 Å². The summed E-state index contributed by atoms with van der Waals surface area (Å²) in [6, 6.07) is 5.37. The van der Waals surface area contributed by atoms with Gasteiger partial charge in [-0.1, -0.05) is 29.8 Å². The third kappa shape index (κ3) is 3.40. The molecule has 0 saturated heterocycles. The standard InChI is InChI=1S/C12H13ClO2/c1-9-5-6-10(4-2-3-7-13)11(8-9)12(14)15/h2,4-6,8H,3,7H2,1H3,(H,14,15). The van der Waals surface area contributed by atoms with E-state index in [1.165, 1.54) is 0 Å². The summed E-state index contributed by atoms with van der Waals surface area (Å²) in [4.78, 5) is 10.9. The number of aromatic carboxylic acids is 1. The minimum absolute atomic E-state index is 0.334. The number of hydrogen-bond donors (Lipinski definition) is 1. The Labute approximate surface area is 94.2 Å². The third-order valence-corrected chi connectivity index (χ3v) is 2.23. The van der Waals surface area contributed by atoms with Crippen LogP contribution in [0.15, 0.2) is 24.3 Å². The van der Waals surface area contributed by atoms with E-state index in [1.54, 1.807) is 12.1 Å². The molecule has 0 unspecified atom stereocenters. The SMILES string of the molecule is Cc1ccc(C=CCCCl)c(C(=O)O)c1.